The molecule has 3 aromatic carbocycles. The van der Waals surface area contributed by atoms with Gasteiger partial charge >= 0.3 is 0 Å². The molecule has 1 fully saturated rings. The predicted molar refractivity (Wildman–Crippen MR) is 167 cm³/mol. The molecule has 1 N–H and O–H groups in total. The summed E-state index contributed by atoms with van der Waals surface area (Å²) in [7, 11) is 0. The van der Waals surface area contributed by atoms with Gasteiger partial charge in [-0.2, -0.15) is 0 Å². The van der Waals surface area contributed by atoms with Gasteiger partial charge in [0.25, 0.3) is 0 Å². The van der Waals surface area contributed by atoms with Crippen molar-refractivity contribution in [2.24, 2.45) is 0 Å². The predicted octanol–water partition coefficient (Wildman–Crippen LogP) is 8.61. The lowest BCUT2D eigenvalue weighted by Crippen LogP contribution is -2.52. The SMILES string of the molecule is O=C(NC1CCCCC1)C(Cc1ccccc1)N(Cc1ccc(Cl)c(Cl)c1)C(=O)CCCSc1ccc(Cl)cc1. The molecule has 0 heterocycles. The summed E-state index contributed by atoms with van der Waals surface area (Å²) < 4.78 is 0. The van der Waals surface area contributed by atoms with Crippen LogP contribution in [0.15, 0.2) is 77.7 Å². The maximum Gasteiger partial charge on any atom is 0.243 e. The number of carbonyl (C=O) groups is 2. The molecule has 8 heteroatoms. The first-order valence-corrected chi connectivity index (χ1v) is 16.0. The van der Waals surface area contributed by atoms with E-state index in [2.05, 4.69) is 5.32 Å². The Morgan fingerprint density at radius 3 is 2.30 bits per heavy atom. The summed E-state index contributed by atoms with van der Waals surface area (Å²) in [6.07, 6.45) is 6.86. The summed E-state index contributed by atoms with van der Waals surface area (Å²) in [5.74, 6) is 0.633. The minimum atomic E-state index is -0.643. The van der Waals surface area contributed by atoms with Gasteiger partial charge in [-0.1, -0.05) is 90.5 Å². The average Bonchev–Trinajstić information content (AvgIpc) is 2.96. The number of amides is 2. The summed E-state index contributed by atoms with van der Waals surface area (Å²) >= 11 is 20.2. The molecular formula is C32H35Cl3N2O2S. The van der Waals surface area contributed by atoms with Crippen molar-refractivity contribution < 1.29 is 9.59 Å². The monoisotopic (exact) mass is 616 g/mol. The van der Waals surface area contributed by atoms with Gasteiger partial charge in [0.1, 0.15) is 6.04 Å². The zero-order valence-corrected chi connectivity index (χ0v) is 25.5. The molecule has 0 bridgehead atoms. The topological polar surface area (TPSA) is 49.4 Å². The Kier molecular flexibility index (Phi) is 12.1. The van der Waals surface area contributed by atoms with Crippen molar-refractivity contribution in [2.45, 2.75) is 74.9 Å². The molecule has 1 unspecified atom stereocenters. The first-order chi connectivity index (χ1) is 19.4. The van der Waals surface area contributed by atoms with Crippen LogP contribution in [-0.4, -0.2) is 34.6 Å². The lowest BCUT2D eigenvalue weighted by Gasteiger charge is -2.33. The molecule has 40 heavy (non-hydrogen) atoms. The highest BCUT2D eigenvalue weighted by atomic mass is 35.5. The number of halogens is 3. The number of rotatable bonds is 12. The van der Waals surface area contributed by atoms with Gasteiger partial charge in [-0.3, -0.25) is 9.59 Å². The summed E-state index contributed by atoms with van der Waals surface area (Å²) in [4.78, 5) is 30.5. The van der Waals surface area contributed by atoms with E-state index in [1.54, 1.807) is 28.8 Å². The third kappa shape index (κ3) is 9.44. The van der Waals surface area contributed by atoms with E-state index in [4.69, 9.17) is 34.8 Å². The summed E-state index contributed by atoms with van der Waals surface area (Å²) in [6.45, 7) is 0.273. The Labute approximate surface area is 256 Å². The minimum Gasteiger partial charge on any atom is -0.352 e. The fourth-order valence-electron chi connectivity index (χ4n) is 5.02. The molecule has 3 aromatic rings. The largest absolute Gasteiger partial charge is 0.352 e. The van der Waals surface area contributed by atoms with Gasteiger partial charge in [0.2, 0.25) is 11.8 Å². The van der Waals surface area contributed by atoms with Crippen molar-refractivity contribution in [3.05, 3.63) is 99.0 Å². The summed E-state index contributed by atoms with van der Waals surface area (Å²) in [5.41, 5.74) is 1.85. The maximum atomic E-state index is 13.8. The average molecular weight is 618 g/mol. The van der Waals surface area contributed by atoms with Crippen molar-refractivity contribution in [3.63, 3.8) is 0 Å². The Morgan fingerprint density at radius 2 is 1.60 bits per heavy atom. The number of carbonyl (C=O) groups excluding carboxylic acids is 2. The molecule has 1 aliphatic rings. The second-order valence-corrected chi connectivity index (χ2v) is 12.6. The van der Waals surface area contributed by atoms with Gasteiger partial charge in [0.15, 0.2) is 0 Å². The third-order valence-electron chi connectivity index (χ3n) is 7.18. The highest BCUT2D eigenvalue weighted by molar-refractivity contribution is 7.99. The van der Waals surface area contributed by atoms with Crippen molar-refractivity contribution >= 4 is 58.4 Å². The minimum absolute atomic E-state index is 0.0532. The van der Waals surface area contributed by atoms with Gasteiger partial charge in [-0.25, -0.2) is 0 Å². The van der Waals surface area contributed by atoms with Crippen LogP contribution in [-0.2, 0) is 22.6 Å². The molecule has 0 radical (unpaired) electrons. The number of nitrogens with zero attached hydrogens (tertiary/aromatic N) is 1. The van der Waals surface area contributed by atoms with E-state index in [-0.39, 0.29) is 24.4 Å². The van der Waals surface area contributed by atoms with Gasteiger partial charge < -0.3 is 10.2 Å². The lowest BCUT2D eigenvalue weighted by atomic mass is 9.94. The van der Waals surface area contributed by atoms with E-state index < -0.39 is 6.04 Å². The zero-order valence-electron chi connectivity index (χ0n) is 22.5. The zero-order chi connectivity index (χ0) is 28.3. The fourth-order valence-corrected chi connectivity index (χ4v) is 6.32. The van der Waals surface area contributed by atoms with Crippen LogP contribution in [0.4, 0.5) is 0 Å². The number of thioether (sulfide) groups is 1. The molecule has 0 aromatic heterocycles. The van der Waals surface area contributed by atoms with E-state index in [1.165, 1.54) is 6.42 Å². The first kappa shape index (κ1) is 30.8. The van der Waals surface area contributed by atoms with Gasteiger partial charge in [-0.15, -0.1) is 11.8 Å². The van der Waals surface area contributed by atoms with Crippen LogP contribution in [0.2, 0.25) is 15.1 Å². The number of hydrogen-bond acceptors (Lipinski definition) is 3. The van der Waals surface area contributed by atoms with Gasteiger partial charge in [0, 0.05) is 35.3 Å². The van der Waals surface area contributed by atoms with Crippen LogP contribution < -0.4 is 5.32 Å². The molecule has 1 aliphatic carbocycles. The van der Waals surface area contributed by atoms with E-state index in [0.29, 0.717) is 34.3 Å². The molecule has 0 spiro atoms. The Morgan fingerprint density at radius 1 is 0.875 bits per heavy atom. The molecule has 4 nitrogen and oxygen atoms in total. The highest BCUT2D eigenvalue weighted by Gasteiger charge is 2.31. The van der Waals surface area contributed by atoms with Crippen molar-refractivity contribution in [1.29, 1.82) is 0 Å². The third-order valence-corrected chi connectivity index (χ3v) is 9.27. The van der Waals surface area contributed by atoms with Crippen LogP contribution in [0.5, 0.6) is 0 Å². The van der Waals surface area contributed by atoms with Gasteiger partial charge in [-0.05, 0) is 72.5 Å². The Hall–Kier alpha value is -2.18. The Balaban J connectivity index is 1.53. The molecule has 0 aliphatic heterocycles. The molecule has 0 saturated heterocycles. The number of nitrogens with one attached hydrogen (secondary N) is 1. The molecule has 212 valence electrons. The molecule has 1 saturated carbocycles. The quantitative estimate of drug-likeness (QED) is 0.164. The highest BCUT2D eigenvalue weighted by Crippen LogP contribution is 2.26. The molecular weight excluding hydrogens is 583 g/mol. The van der Waals surface area contributed by atoms with Crippen LogP contribution in [0.25, 0.3) is 0 Å². The smallest absolute Gasteiger partial charge is 0.243 e. The van der Waals surface area contributed by atoms with E-state index in [1.807, 2.05) is 60.7 Å². The van der Waals surface area contributed by atoms with E-state index in [9.17, 15) is 9.59 Å². The standard InChI is InChI=1S/C32H35Cl3N2O2S/c33-25-14-16-27(17-15-25)40-19-7-12-31(38)37(22-24-13-18-28(34)29(35)20-24)30(21-23-8-3-1-4-9-23)32(39)36-26-10-5-2-6-11-26/h1,3-4,8-9,13-18,20,26,30H,2,5-7,10-12,19,21-22H2,(H,36,39). The normalized spacial score (nSPS) is 14.5. The van der Waals surface area contributed by atoms with Crippen LogP contribution in [0.3, 0.4) is 0 Å². The summed E-state index contributed by atoms with van der Waals surface area (Å²) in [5, 5.41) is 4.87. The fraction of sp³-hybridized carbons (Fsp3) is 0.375. The number of benzene rings is 3. The maximum absolute atomic E-state index is 13.8. The molecule has 2 amide bonds. The Bertz CT molecular complexity index is 1250. The molecule has 4 rings (SSSR count). The van der Waals surface area contributed by atoms with Crippen molar-refractivity contribution in [1.82, 2.24) is 10.2 Å². The van der Waals surface area contributed by atoms with Gasteiger partial charge in [0.05, 0.1) is 10.0 Å². The second-order valence-electron chi connectivity index (χ2n) is 10.2. The van der Waals surface area contributed by atoms with Crippen molar-refractivity contribution in [3.8, 4) is 0 Å². The van der Waals surface area contributed by atoms with E-state index >= 15 is 0 Å². The first-order valence-electron chi connectivity index (χ1n) is 13.8. The second kappa shape index (κ2) is 15.7. The van der Waals surface area contributed by atoms with Crippen LogP contribution in [0, 0.1) is 0 Å². The van der Waals surface area contributed by atoms with Crippen LogP contribution >= 0.6 is 46.6 Å². The lowest BCUT2D eigenvalue weighted by molar-refractivity contribution is -0.141. The van der Waals surface area contributed by atoms with Crippen LogP contribution in [0.1, 0.15) is 56.1 Å². The summed E-state index contributed by atoms with van der Waals surface area (Å²) in [6, 6.07) is 22.5. The number of hydrogen-bond donors (Lipinski definition) is 1. The molecule has 1 atom stereocenters. The van der Waals surface area contributed by atoms with Crippen molar-refractivity contribution in [2.75, 3.05) is 5.75 Å². The van der Waals surface area contributed by atoms with E-state index in [0.717, 1.165) is 47.5 Å².